The summed E-state index contributed by atoms with van der Waals surface area (Å²) in [6.45, 7) is 12.9. The second-order valence-electron chi connectivity index (χ2n) is 4.80. The molecular weight excluding hydrogens is 366 g/mol. The minimum Gasteiger partial charge on any atom is -1.00 e. The average molecular weight is 391 g/mol. The van der Waals surface area contributed by atoms with Crippen LogP contribution in [-0.2, 0) is 24.2 Å². The van der Waals surface area contributed by atoms with Gasteiger partial charge < -0.3 is 24.8 Å². The van der Waals surface area contributed by atoms with E-state index in [0.717, 1.165) is 6.42 Å². The molecule has 1 unspecified atom stereocenters. The summed E-state index contributed by atoms with van der Waals surface area (Å²) in [6, 6.07) is 0. The third kappa shape index (κ3) is 12.1. The molecule has 0 aromatic carbocycles. The van der Waals surface area contributed by atoms with Crippen molar-refractivity contribution in [2.24, 2.45) is 5.92 Å². The molecule has 2 aliphatic carbocycles. The average Bonchev–Trinajstić information content (AvgIpc) is 2.89. The fraction of sp³-hybridized carbons (Fsp3) is 0.471. The maximum atomic E-state index is 3.36. The molecule has 2 rings (SSSR count). The summed E-state index contributed by atoms with van der Waals surface area (Å²) >= 11 is 1.55. The molecule has 0 bridgehead atoms. The maximum absolute atomic E-state index is 3.36. The van der Waals surface area contributed by atoms with Gasteiger partial charge in [-0.1, -0.05) is 26.7 Å². The Morgan fingerprint density at radius 1 is 1.20 bits per heavy atom. The first-order valence-corrected chi connectivity index (χ1v) is 7.60. The summed E-state index contributed by atoms with van der Waals surface area (Å²) in [7, 11) is 0. The zero-order chi connectivity index (χ0) is 14.1. The summed E-state index contributed by atoms with van der Waals surface area (Å²) in [5, 5.41) is 0. The largest absolute Gasteiger partial charge is 1.00 e. The summed E-state index contributed by atoms with van der Waals surface area (Å²) in [5.74, 6) is 0.560. The van der Waals surface area contributed by atoms with Gasteiger partial charge in [-0.25, -0.2) is 17.7 Å². The molecule has 0 amide bonds. The monoisotopic (exact) mass is 388 g/mol. The molecule has 2 aliphatic rings. The van der Waals surface area contributed by atoms with Crippen molar-refractivity contribution in [3.63, 3.8) is 0 Å². The molecule has 0 aromatic heterocycles. The fourth-order valence-electron chi connectivity index (χ4n) is 1.50. The van der Waals surface area contributed by atoms with Gasteiger partial charge in [0.25, 0.3) is 0 Å². The van der Waals surface area contributed by atoms with Gasteiger partial charge in [-0.3, -0.25) is 12.2 Å². The first-order valence-electron chi connectivity index (χ1n) is 6.37. The third-order valence-corrected chi connectivity index (χ3v) is 2.82. The van der Waals surface area contributed by atoms with Gasteiger partial charge in [0.1, 0.15) is 0 Å². The van der Waals surface area contributed by atoms with E-state index in [0.29, 0.717) is 5.92 Å². The molecule has 0 saturated heterocycles. The standard InChI is InChI=1S/C9H13.C5H5.C3H6.2ClH.Zr/c1-6-5-7(2)9(4)8(6)3;1-2-4-5-3-1;1-3-2;;;/h6H,1-4H3;1-3H,4H2;1-2H3;2*1H;/q2*-1;;;;+2/p-2. The van der Waals surface area contributed by atoms with Crippen LogP contribution in [0.15, 0.2) is 34.9 Å². The third-order valence-electron chi connectivity index (χ3n) is 2.82. The van der Waals surface area contributed by atoms with Crippen molar-refractivity contribution >= 4 is 3.21 Å². The minimum absolute atomic E-state index is 0. The van der Waals surface area contributed by atoms with Crippen LogP contribution in [0.4, 0.5) is 0 Å². The molecule has 0 saturated carbocycles. The minimum atomic E-state index is 0. The van der Waals surface area contributed by atoms with Crippen molar-refractivity contribution in [2.45, 2.75) is 48.0 Å². The van der Waals surface area contributed by atoms with Crippen molar-refractivity contribution in [3.05, 3.63) is 47.1 Å². The Bertz CT molecular complexity index is 387. The number of halogens is 2. The predicted molar refractivity (Wildman–Crippen MR) is 77.9 cm³/mol. The normalized spacial score (nSPS) is 18.0. The zero-order valence-corrected chi connectivity index (χ0v) is 17.2. The van der Waals surface area contributed by atoms with E-state index >= 15 is 0 Å². The van der Waals surface area contributed by atoms with Crippen molar-refractivity contribution in [2.75, 3.05) is 0 Å². The van der Waals surface area contributed by atoms with Crippen LogP contribution in [0.2, 0.25) is 0 Å². The molecule has 0 fully saturated rings. The zero-order valence-electron chi connectivity index (χ0n) is 13.3. The topological polar surface area (TPSA) is 0 Å². The Labute approximate surface area is 152 Å². The van der Waals surface area contributed by atoms with E-state index in [4.69, 9.17) is 0 Å². The van der Waals surface area contributed by atoms with E-state index in [2.05, 4.69) is 59.8 Å². The Kier molecular flexibility index (Phi) is 18.0. The van der Waals surface area contributed by atoms with E-state index in [1.807, 2.05) is 12.2 Å². The predicted octanol–water partition coefficient (Wildman–Crippen LogP) is -1.22. The van der Waals surface area contributed by atoms with E-state index < -0.39 is 0 Å². The number of rotatable bonds is 0. The van der Waals surface area contributed by atoms with Gasteiger partial charge >= 0.3 is 41.3 Å². The Morgan fingerprint density at radius 3 is 1.80 bits per heavy atom. The van der Waals surface area contributed by atoms with E-state index in [-0.39, 0.29) is 24.8 Å². The van der Waals surface area contributed by atoms with Gasteiger partial charge in [0.15, 0.2) is 0 Å². The van der Waals surface area contributed by atoms with E-state index in [9.17, 15) is 0 Å². The van der Waals surface area contributed by atoms with Crippen LogP contribution in [0.3, 0.4) is 0 Å². The first kappa shape index (κ1) is 25.3. The van der Waals surface area contributed by atoms with Crippen molar-refractivity contribution in [1.29, 1.82) is 0 Å². The van der Waals surface area contributed by atoms with Crippen LogP contribution in [0.1, 0.15) is 48.0 Å². The molecule has 0 N–H and O–H groups in total. The van der Waals surface area contributed by atoms with Gasteiger partial charge in [0.2, 0.25) is 0 Å². The summed E-state index contributed by atoms with van der Waals surface area (Å²) in [4.78, 5) is 0. The molecule has 0 heterocycles. The fourth-order valence-corrected chi connectivity index (χ4v) is 1.50. The first-order chi connectivity index (χ1) is 8.36. The second-order valence-corrected chi connectivity index (χ2v) is 7.26. The second kappa shape index (κ2) is 14.2. The van der Waals surface area contributed by atoms with Gasteiger partial charge in [-0.2, -0.15) is 17.2 Å². The van der Waals surface area contributed by atoms with E-state index in [1.165, 1.54) is 19.9 Å². The number of hydrogen-bond acceptors (Lipinski definition) is 0. The van der Waals surface area contributed by atoms with Crippen molar-refractivity contribution in [1.82, 2.24) is 0 Å². The molecule has 0 radical (unpaired) electrons. The van der Waals surface area contributed by atoms with Crippen LogP contribution in [-0.4, -0.2) is 3.21 Å². The molecule has 1 atom stereocenters. The number of hydrogen-bond donors (Lipinski definition) is 0. The molecule has 0 nitrogen and oxygen atoms in total. The molecule has 112 valence electrons. The Morgan fingerprint density at radius 2 is 1.70 bits per heavy atom. The van der Waals surface area contributed by atoms with Gasteiger partial charge in [-0.05, 0) is 0 Å². The van der Waals surface area contributed by atoms with Crippen LogP contribution in [0, 0.1) is 18.1 Å². The molecule has 0 spiro atoms. The van der Waals surface area contributed by atoms with Crippen LogP contribution < -0.4 is 24.8 Å². The molecule has 0 aromatic rings. The number of allylic oxidation sites excluding steroid dienone is 8. The molecule has 20 heavy (non-hydrogen) atoms. The van der Waals surface area contributed by atoms with Crippen LogP contribution in [0.25, 0.3) is 0 Å². The summed E-state index contributed by atoms with van der Waals surface area (Å²) < 4.78 is 1.51. The van der Waals surface area contributed by atoms with Gasteiger partial charge in [-0.15, -0.1) is 13.3 Å². The van der Waals surface area contributed by atoms with E-state index in [1.54, 1.807) is 24.2 Å². The van der Waals surface area contributed by atoms with Crippen LogP contribution in [0.5, 0.6) is 0 Å². The Balaban J connectivity index is -0.000000228. The van der Waals surface area contributed by atoms with Crippen LogP contribution >= 0.6 is 0 Å². The quantitative estimate of drug-likeness (QED) is 0.455. The van der Waals surface area contributed by atoms with Crippen molar-refractivity contribution < 1.29 is 49.0 Å². The van der Waals surface area contributed by atoms with Gasteiger partial charge in [0, 0.05) is 0 Å². The molecule has 0 aliphatic heterocycles. The molecule has 3 heteroatoms. The SMILES string of the molecule is CC1=[C-]C(C)C(C)=C1C.C[C](C)=[Zr+2].[C-]1=CC=CC1.[Cl-].[Cl-]. The summed E-state index contributed by atoms with van der Waals surface area (Å²) in [5.41, 5.74) is 4.25. The molecular formula is C17H24Cl2Zr-2. The Hall–Kier alpha value is 0.293. The summed E-state index contributed by atoms with van der Waals surface area (Å²) in [6.07, 6.45) is 13.4. The van der Waals surface area contributed by atoms with Crippen molar-refractivity contribution in [3.8, 4) is 0 Å². The maximum Gasteiger partial charge on any atom is -0.109 e. The smallest absolute Gasteiger partial charge is 0.109 e. The van der Waals surface area contributed by atoms with Gasteiger partial charge in [0.05, 0.1) is 0 Å².